The Kier molecular flexibility index (Phi) is 5.45. The van der Waals surface area contributed by atoms with Crippen LogP contribution in [0.2, 0.25) is 0 Å². The minimum atomic E-state index is -1.33. The van der Waals surface area contributed by atoms with Crippen LogP contribution in [0.15, 0.2) is 60.2 Å². The summed E-state index contributed by atoms with van der Waals surface area (Å²) in [5.41, 5.74) is -0.686. The van der Waals surface area contributed by atoms with Gasteiger partial charge < -0.3 is 5.11 Å². The minimum Gasteiger partial charge on any atom is -0.505 e. The van der Waals surface area contributed by atoms with Crippen molar-refractivity contribution in [2.75, 3.05) is 4.90 Å². The molecule has 1 saturated carbocycles. The van der Waals surface area contributed by atoms with Gasteiger partial charge in [-0.3, -0.25) is 24.1 Å². The van der Waals surface area contributed by atoms with Crippen molar-refractivity contribution in [3.8, 4) is 5.75 Å². The molecule has 202 valence electrons. The topological polar surface area (TPSA) is 95.0 Å². The van der Waals surface area contributed by atoms with Crippen LogP contribution in [0.25, 0.3) is 0 Å². The van der Waals surface area contributed by atoms with Crippen LogP contribution >= 0.6 is 0 Å². The van der Waals surface area contributed by atoms with E-state index in [1.54, 1.807) is 43.3 Å². The van der Waals surface area contributed by atoms with Gasteiger partial charge in [-0.05, 0) is 64.7 Å². The third kappa shape index (κ3) is 3.33. The van der Waals surface area contributed by atoms with Crippen LogP contribution in [0.3, 0.4) is 0 Å². The maximum absolute atomic E-state index is 14.7. The molecule has 0 radical (unpaired) electrons. The number of phenols is 1. The number of aromatic hydroxyl groups is 1. The van der Waals surface area contributed by atoms with E-state index in [2.05, 4.69) is 0 Å². The largest absolute Gasteiger partial charge is 0.505 e. The van der Waals surface area contributed by atoms with Gasteiger partial charge in [0.05, 0.1) is 28.9 Å². The first-order chi connectivity index (χ1) is 18.4. The number of hydrogen-bond donors (Lipinski definition) is 1. The molecule has 6 atom stereocenters. The van der Waals surface area contributed by atoms with Gasteiger partial charge in [0.25, 0.3) is 0 Å². The zero-order chi connectivity index (χ0) is 28.0. The lowest BCUT2D eigenvalue weighted by Crippen LogP contribution is -2.49. The fourth-order valence-electron chi connectivity index (χ4n) is 7.61. The number of likely N-dealkylation sites (tertiary alicyclic amines) is 1. The summed E-state index contributed by atoms with van der Waals surface area (Å²) >= 11 is 0. The van der Waals surface area contributed by atoms with Crippen LogP contribution in [0, 0.1) is 34.9 Å². The molecule has 2 aromatic rings. The number of imide groups is 2. The Hall–Kier alpha value is -3.81. The van der Waals surface area contributed by atoms with E-state index in [1.807, 2.05) is 26.8 Å². The molecule has 2 aliphatic heterocycles. The van der Waals surface area contributed by atoms with Gasteiger partial charge in [0.15, 0.2) is 11.6 Å². The van der Waals surface area contributed by atoms with Crippen molar-refractivity contribution in [2.45, 2.75) is 52.0 Å². The SMILES string of the molecule is CC12C(=O)N(c3ccccc3)C(=O)C1CC1C(=CCC3C(=O)N(C(C)(C)C)C(=O)C31)C2c1cccc(F)c1O. The molecule has 7 nitrogen and oxygen atoms in total. The summed E-state index contributed by atoms with van der Waals surface area (Å²) in [7, 11) is 0. The normalized spacial score (nSPS) is 32.2. The van der Waals surface area contributed by atoms with Crippen molar-refractivity contribution in [3.63, 3.8) is 0 Å². The maximum Gasteiger partial charge on any atom is 0.241 e. The lowest BCUT2D eigenvalue weighted by atomic mass is 9.51. The van der Waals surface area contributed by atoms with Gasteiger partial charge in [-0.15, -0.1) is 0 Å². The van der Waals surface area contributed by atoms with Crippen molar-refractivity contribution in [2.24, 2.45) is 29.1 Å². The van der Waals surface area contributed by atoms with Gasteiger partial charge in [-0.2, -0.15) is 0 Å². The number of allylic oxidation sites excluding steroid dienone is 2. The number of hydrogen-bond acceptors (Lipinski definition) is 5. The summed E-state index contributed by atoms with van der Waals surface area (Å²) in [6.45, 7) is 7.16. The van der Waals surface area contributed by atoms with E-state index in [0.29, 0.717) is 17.7 Å². The number of halogens is 1. The van der Waals surface area contributed by atoms with Gasteiger partial charge in [-0.1, -0.05) is 42.0 Å². The van der Waals surface area contributed by atoms with Crippen LogP contribution in [0.5, 0.6) is 5.75 Å². The molecular weight excluding hydrogens is 499 g/mol. The lowest BCUT2D eigenvalue weighted by molar-refractivity contribution is -0.145. The molecule has 1 N–H and O–H groups in total. The third-order valence-corrected chi connectivity index (χ3v) is 9.29. The average molecular weight is 531 g/mol. The zero-order valence-electron chi connectivity index (χ0n) is 22.3. The average Bonchev–Trinajstić information content (AvgIpc) is 3.26. The summed E-state index contributed by atoms with van der Waals surface area (Å²) in [4.78, 5) is 58.0. The van der Waals surface area contributed by atoms with Crippen LogP contribution < -0.4 is 4.90 Å². The Morgan fingerprint density at radius 2 is 1.62 bits per heavy atom. The van der Waals surface area contributed by atoms with Crippen molar-refractivity contribution in [3.05, 3.63) is 71.6 Å². The van der Waals surface area contributed by atoms with Crippen LogP contribution in [-0.2, 0) is 19.2 Å². The molecular formula is C31H31FN2O5. The Morgan fingerprint density at radius 3 is 2.28 bits per heavy atom. The lowest BCUT2D eigenvalue weighted by Gasteiger charge is -2.49. The first kappa shape index (κ1) is 25.5. The summed E-state index contributed by atoms with van der Waals surface area (Å²) in [6.07, 6.45) is 2.40. The molecule has 0 spiro atoms. The molecule has 0 bridgehead atoms. The molecule has 2 aromatic carbocycles. The highest BCUT2D eigenvalue weighted by Crippen LogP contribution is 2.64. The Bertz CT molecular complexity index is 1460. The number of nitrogens with zero attached hydrogens (tertiary/aromatic N) is 2. The van der Waals surface area contributed by atoms with Gasteiger partial charge in [-0.25, -0.2) is 9.29 Å². The number of carbonyl (C=O) groups is 4. The van der Waals surface area contributed by atoms with Gasteiger partial charge in [0.1, 0.15) is 0 Å². The van der Waals surface area contributed by atoms with Crippen molar-refractivity contribution < 1.29 is 28.7 Å². The Morgan fingerprint density at radius 1 is 0.923 bits per heavy atom. The van der Waals surface area contributed by atoms with Crippen LogP contribution in [0.1, 0.15) is 52.0 Å². The quantitative estimate of drug-likeness (QED) is 0.454. The Labute approximate surface area is 226 Å². The molecule has 8 heteroatoms. The summed E-state index contributed by atoms with van der Waals surface area (Å²) in [5, 5.41) is 10.9. The van der Waals surface area contributed by atoms with Crippen molar-refractivity contribution in [1.29, 1.82) is 0 Å². The monoisotopic (exact) mass is 530 g/mol. The molecule has 39 heavy (non-hydrogen) atoms. The highest BCUT2D eigenvalue weighted by Gasteiger charge is 2.68. The summed E-state index contributed by atoms with van der Waals surface area (Å²) < 4.78 is 14.7. The molecule has 3 fully saturated rings. The van der Waals surface area contributed by atoms with Crippen LogP contribution in [-0.4, -0.2) is 39.2 Å². The molecule has 0 aromatic heterocycles. The minimum absolute atomic E-state index is 0.206. The van der Waals surface area contributed by atoms with Crippen molar-refractivity contribution >= 4 is 29.3 Å². The highest BCUT2D eigenvalue weighted by molar-refractivity contribution is 6.24. The standard InChI is InChI=1S/C31H31FN2O5/c1-30(2,3)34-26(36)18-14-13-17-20(23(18)28(34)38)15-21-27(37)33(16-9-6-5-7-10-16)29(39)31(21,4)24(17)19-11-8-12-22(32)25(19)35/h5-13,18,20-21,23-24,35H,14-15H2,1-4H3. The maximum atomic E-state index is 14.7. The second-order valence-electron chi connectivity index (χ2n) is 12.4. The van der Waals surface area contributed by atoms with E-state index in [-0.39, 0.29) is 29.7 Å². The smallest absolute Gasteiger partial charge is 0.241 e. The van der Waals surface area contributed by atoms with Crippen LogP contribution in [0.4, 0.5) is 10.1 Å². The van der Waals surface area contributed by atoms with E-state index in [0.717, 1.165) is 6.07 Å². The molecule has 2 saturated heterocycles. The predicted octanol–water partition coefficient (Wildman–Crippen LogP) is 4.56. The first-order valence-electron chi connectivity index (χ1n) is 13.4. The van der Waals surface area contributed by atoms with E-state index in [4.69, 9.17) is 0 Å². The molecule has 4 amide bonds. The third-order valence-electron chi connectivity index (χ3n) is 9.29. The van der Waals surface area contributed by atoms with E-state index in [9.17, 15) is 28.7 Å². The number of phenolic OH excluding ortho intramolecular Hbond substituents is 1. The summed E-state index contributed by atoms with van der Waals surface area (Å²) in [6, 6.07) is 12.8. The predicted molar refractivity (Wildman–Crippen MR) is 141 cm³/mol. The van der Waals surface area contributed by atoms with Gasteiger partial charge in [0.2, 0.25) is 23.6 Å². The molecule has 2 aliphatic carbocycles. The van der Waals surface area contributed by atoms with E-state index >= 15 is 0 Å². The van der Waals surface area contributed by atoms with Gasteiger partial charge >= 0.3 is 0 Å². The highest BCUT2D eigenvalue weighted by atomic mass is 19.1. The zero-order valence-corrected chi connectivity index (χ0v) is 22.3. The number of rotatable bonds is 2. The van der Waals surface area contributed by atoms with E-state index in [1.165, 1.54) is 15.9 Å². The second-order valence-corrected chi connectivity index (χ2v) is 12.4. The molecule has 6 rings (SSSR count). The van der Waals surface area contributed by atoms with E-state index < -0.39 is 58.0 Å². The number of amides is 4. The fourth-order valence-corrected chi connectivity index (χ4v) is 7.61. The second kappa shape index (κ2) is 8.34. The Balaban J connectivity index is 1.55. The first-order valence-corrected chi connectivity index (χ1v) is 13.4. The number of anilines is 1. The van der Waals surface area contributed by atoms with Gasteiger partial charge in [0, 0.05) is 17.0 Å². The fraction of sp³-hybridized carbons (Fsp3) is 0.419. The summed E-state index contributed by atoms with van der Waals surface area (Å²) in [5.74, 6) is -6.17. The molecule has 4 aliphatic rings. The number of para-hydroxylation sites is 2. The molecule has 6 unspecified atom stereocenters. The van der Waals surface area contributed by atoms with Crippen molar-refractivity contribution in [1.82, 2.24) is 4.90 Å². The number of benzene rings is 2. The molecule has 2 heterocycles. The number of fused-ring (bicyclic) bond motifs is 4. The number of carbonyl (C=O) groups excluding carboxylic acids is 4.